The first-order chi connectivity index (χ1) is 15.6. The molecule has 2 heterocycles. The van der Waals surface area contributed by atoms with Crippen molar-refractivity contribution in [3.63, 3.8) is 0 Å². The van der Waals surface area contributed by atoms with E-state index in [4.69, 9.17) is 10.8 Å². The van der Waals surface area contributed by atoms with E-state index in [-0.39, 0.29) is 17.7 Å². The number of primary amides is 1. The summed E-state index contributed by atoms with van der Waals surface area (Å²) >= 11 is 0. The van der Waals surface area contributed by atoms with Crippen LogP contribution in [0.5, 0.6) is 0 Å². The molecule has 2 aromatic heterocycles. The van der Waals surface area contributed by atoms with E-state index in [0.717, 1.165) is 6.26 Å². The Hall–Kier alpha value is -4.19. The number of carboxylic acids is 1. The minimum atomic E-state index is -3.46. The van der Waals surface area contributed by atoms with Gasteiger partial charge in [-0.25, -0.2) is 23.2 Å². The van der Waals surface area contributed by atoms with Gasteiger partial charge in [-0.2, -0.15) is 0 Å². The van der Waals surface area contributed by atoms with Crippen LogP contribution in [0.4, 0.5) is 23.0 Å². The molecule has 0 radical (unpaired) electrons. The van der Waals surface area contributed by atoms with Gasteiger partial charge in [-0.3, -0.25) is 9.10 Å². The normalized spacial score (nSPS) is 11.0. The molecule has 0 bridgehead atoms. The number of benzene rings is 1. The van der Waals surface area contributed by atoms with Crippen molar-refractivity contribution in [2.75, 3.05) is 28.2 Å². The summed E-state index contributed by atoms with van der Waals surface area (Å²) in [6.45, 7) is 0.200. The van der Waals surface area contributed by atoms with Crippen LogP contribution >= 0.6 is 0 Å². The highest BCUT2D eigenvalue weighted by molar-refractivity contribution is 7.92. The zero-order valence-electron chi connectivity index (χ0n) is 17.8. The maximum Gasteiger partial charge on any atom is 0.337 e. The van der Waals surface area contributed by atoms with Crippen molar-refractivity contribution >= 4 is 44.9 Å². The SMILES string of the molecule is CN(c1ccccc1CNc1cc(Nc2ccc(C(=O)O)cn2)ncc1C(N)=O)S(C)(=O)=O. The highest BCUT2D eigenvalue weighted by atomic mass is 32.2. The lowest BCUT2D eigenvalue weighted by molar-refractivity contribution is 0.0696. The molecule has 33 heavy (non-hydrogen) atoms. The number of nitrogens with two attached hydrogens (primary N) is 1. The molecule has 0 saturated heterocycles. The Labute approximate surface area is 190 Å². The van der Waals surface area contributed by atoms with Gasteiger partial charge in [0.1, 0.15) is 11.6 Å². The van der Waals surface area contributed by atoms with Gasteiger partial charge in [0, 0.05) is 32.1 Å². The smallest absolute Gasteiger partial charge is 0.337 e. The highest BCUT2D eigenvalue weighted by Crippen LogP contribution is 2.25. The molecule has 5 N–H and O–H groups in total. The van der Waals surface area contributed by atoms with Crippen LogP contribution in [-0.2, 0) is 16.6 Å². The Morgan fingerprint density at radius 2 is 1.79 bits per heavy atom. The average Bonchev–Trinajstić information content (AvgIpc) is 2.77. The first kappa shape index (κ1) is 23.5. The summed E-state index contributed by atoms with van der Waals surface area (Å²) in [7, 11) is -2.01. The minimum absolute atomic E-state index is 0.0395. The number of aromatic nitrogens is 2. The van der Waals surface area contributed by atoms with Gasteiger partial charge >= 0.3 is 5.97 Å². The molecule has 0 unspecified atom stereocenters. The minimum Gasteiger partial charge on any atom is -0.478 e. The van der Waals surface area contributed by atoms with Gasteiger partial charge in [0.25, 0.3) is 5.91 Å². The number of rotatable bonds is 9. The van der Waals surface area contributed by atoms with Crippen LogP contribution in [0.2, 0.25) is 0 Å². The maximum atomic E-state index is 12.0. The number of hydrogen-bond donors (Lipinski definition) is 4. The molecular formula is C21H22N6O5S. The fourth-order valence-electron chi connectivity index (χ4n) is 2.93. The standard InChI is InChI=1S/C21H22N6O5S/c1-27(33(2,31)32)17-6-4-3-5-13(17)10-23-16-9-19(25-12-15(16)20(22)28)26-18-8-7-14(11-24-18)21(29)30/h3-9,11-12H,10H2,1-2H3,(H2,22,28)(H,29,30)(H2,23,24,25,26). The van der Waals surface area contributed by atoms with Gasteiger partial charge in [0.15, 0.2) is 0 Å². The number of carbonyl (C=O) groups is 2. The fourth-order valence-corrected chi connectivity index (χ4v) is 3.46. The Balaban J connectivity index is 1.86. The molecule has 3 rings (SSSR count). The van der Waals surface area contributed by atoms with Crippen molar-refractivity contribution in [1.82, 2.24) is 9.97 Å². The highest BCUT2D eigenvalue weighted by Gasteiger charge is 2.16. The molecule has 0 aliphatic carbocycles. The van der Waals surface area contributed by atoms with Crippen LogP contribution in [0.15, 0.2) is 54.9 Å². The molecule has 3 aromatic rings. The molecule has 0 spiro atoms. The Morgan fingerprint density at radius 3 is 2.39 bits per heavy atom. The van der Waals surface area contributed by atoms with E-state index >= 15 is 0 Å². The van der Waals surface area contributed by atoms with Crippen molar-refractivity contribution < 1.29 is 23.1 Å². The number of amides is 1. The third-order valence-corrected chi connectivity index (χ3v) is 5.93. The zero-order chi connectivity index (χ0) is 24.2. The van der Waals surface area contributed by atoms with Crippen molar-refractivity contribution in [3.8, 4) is 0 Å². The van der Waals surface area contributed by atoms with E-state index in [0.29, 0.717) is 28.6 Å². The quantitative estimate of drug-likeness (QED) is 0.366. The number of anilines is 4. The summed E-state index contributed by atoms with van der Waals surface area (Å²) in [6, 6.07) is 11.4. The predicted molar refractivity (Wildman–Crippen MR) is 124 cm³/mol. The van der Waals surface area contributed by atoms with E-state index in [1.54, 1.807) is 30.3 Å². The van der Waals surface area contributed by atoms with Gasteiger partial charge in [-0.1, -0.05) is 18.2 Å². The molecule has 172 valence electrons. The molecule has 0 fully saturated rings. The number of aromatic carboxylic acids is 1. The van der Waals surface area contributed by atoms with E-state index in [1.807, 2.05) is 0 Å². The third kappa shape index (κ3) is 5.74. The maximum absolute atomic E-state index is 12.0. The first-order valence-electron chi connectivity index (χ1n) is 9.58. The van der Waals surface area contributed by atoms with Crippen molar-refractivity contribution in [3.05, 3.63) is 71.5 Å². The molecule has 12 heteroatoms. The molecule has 1 aromatic carbocycles. The summed E-state index contributed by atoms with van der Waals surface area (Å²) in [6.07, 6.45) is 3.62. The number of pyridine rings is 2. The Morgan fingerprint density at radius 1 is 1.09 bits per heavy atom. The first-order valence-corrected chi connectivity index (χ1v) is 11.4. The zero-order valence-corrected chi connectivity index (χ0v) is 18.6. The van der Waals surface area contributed by atoms with Crippen LogP contribution in [-0.4, -0.2) is 48.7 Å². The van der Waals surface area contributed by atoms with Gasteiger partial charge in [-0.05, 0) is 23.8 Å². The van der Waals surface area contributed by atoms with E-state index in [9.17, 15) is 18.0 Å². The fraction of sp³-hybridized carbons (Fsp3) is 0.143. The largest absolute Gasteiger partial charge is 0.478 e. The van der Waals surface area contributed by atoms with Crippen molar-refractivity contribution in [1.29, 1.82) is 0 Å². The topological polar surface area (TPSA) is 168 Å². The summed E-state index contributed by atoms with van der Waals surface area (Å²) in [5, 5.41) is 15.0. The average molecular weight is 471 g/mol. The summed E-state index contributed by atoms with van der Waals surface area (Å²) in [4.78, 5) is 31.0. The lowest BCUT2D eigenvalue weighted by atomic mass is 10.1. The van der Waals surface area contributed by atoms with Gasteiger partial charge in [-0.15, -0.1) is 0 Å². The number of para-hydroxylation sites is 1. The lowest BCUT2D eigenvalue weighted by Gasteiger charge is -2.21. The Kier molecular flexibility index (Phi) is 6.78. The van der Waals surface area contributed by atoms with Crippen molar-refractivity contribution in [2.24, 2.45) is 5.73 Å². The van der Waals surface area contributed by atoms with E-state index < -0.39 is 21.9 Å². The monoisotopic (exact) mass is 470 g/mol. The van der Waals surface area contributed by atoms with Crippen LogP contribution < -0.4 is 20.7 Å². The van der Waals surface area contributed by atoms with Crippen LogP contribution in [0.1, 0.15) is 26.3 Å². The van der Waals surface area contributed by atoms with Crippen molar-refractivity contribution in [2.45, 2.75) is 6.54 Å². The molecular weight excluding hydrogens is 448 g/mol. The molecule has 11 nitrogen and oxygen atoms in total. The number of carbonyl (C=O) groups excluding carboxylic acids is 1. The number of hydrogen-bond acceptors (Lipinski definition) is 8. The summed E-state index contributed by atoms with van der Waals surface area (Å²) < 4.78 is 25.1. The van der Waals surface area contributed by atoms with Gasteiger partial charge in [0.2, 0.25) is 10.0 Å². The molecule has 0 saturated carbocycles. The van der Waals surface area contributed by atoms with Gasteiger partial charge in [0.05, 0.1) is 28.8 Å². The van der Waals surface area contributed by atoms with Gasteiger partial charge < -0.3 is 21.5 Å². The number of nitrogens with one attached hydrogen (secondary N) is 2. The number of sulfonamides is 1. The molecule has 0 aliphatic heterocycles. The predicted octanol–water partition coefficient (Wildman–Crippen LogP) is 2.03. The van der Waals surface area contributed by atoms with Crippen LogP contribution in [0.25, 0.3) is 0 Å². The number of carboxylic acid groups (broad SMARTS) is 1. The van der Waals surface area contributed by atoms with Crippen LogP contribution in [0, 0.1) is 0 Å². The van der Waals surface area contributed by atoms with E-state index in [2.05, 4.69) is 20.6 Å². The van der Waals surface area contributed by atoms with E-state index in [1.165, 1.54) is 35.9 Å². The van der Waals surface area contributed by atoms with Crippen LogP contribution in [0.3, 0.4) is 0 Å². The summed E-state index contributed by atoms with van der Waals surface area (Å²) in [5.41, 5.74) is 7.20. The summed E-state index contributed by atoms with van der Waals surface area (Å²) in [5.74, 6) is -1.10. The second-order valence-electron chi connectivity index (χ2n) is 7.05. The Bertz CT molecular complexity index is 1290. The third-order valence-electron chi connectivity index (χ3n) is 4.73. The molecule has 1 amide bonds. The second-order valence-corrected chi connectivity index (χ2v) is 9.07. The number of nitrogens with zero attached hydrogens (tertiary/aromatic N) is 3. The lowest BCUT2D eigenvalue weighted by Crippen LogP contribution is -2.26. The second kappa shape index (κ2) is 9.53. The molecule has 0 aliphatic rings. The molecule has 0 atom stereocenters.